The molecule has 0 unspecified atom stereocenters. The van der Waals surface area contributed by atoms with E-state index in [1.165, 1.54) is 4.57 Å². The Morgan fingerprint density at radius 1 is 1.39 bits per heavy atom. The van der Waals surface area contributed by atoms with E-state index in [1.54, 1.807) is 39.3 Å². The van der Waals surface area contributed by atoms with E-state index in [1.807, 2.05) is 12.1 Å². The fourth-order valence-corrected chi connectivity index (χ4v) is 2.30. The van der Waals surface area contributed by atoms with Crippen LogP contribution < -0.4 is 11.0 Å². The Labute approximate surface area is 134 Å². The molecule has 23 heavy (non-hydrogen) atoms. The van der Waals surface area contributed by atoms with Gasteiger partial charge in [0.1, 0.15) is 6.54 Å². The summed E-state index contributed by atoms with van der Waals surface area (Å²) >= 11 is 0. The van der Waals surface area contributed by atoms with Gasteiger partial charge < -0.3 is 10.1 Å². The first kappa shape index (κ1) is 16.8. The predicted molar refractivity (Wildman–Crippen MR) is 85.0 cm³/mol. The topological polar surface area (TPSA) is 86.1 Å². The Morgan fingerprint density at radius 3 is 2.78 bits per heavy atom. The first-order chi connectivity index (χ1) is 11.0. The molecule has 1 amide bonds. The number of carbonyl (C=O) groups excluding carboxylic acids is 1. The van der Waals surface area contributed by atoms with Crippen LogP contribution in [0.25, 0.3) is 0 Å². The number of carbonyl (C=O) groups is 1. The summed E-state index contributed by atoms with van der Waals surface area (Å²) in [5.41, 5.74) is 1.60. The monoisotopic (exact) mass is 316 g/mol. The van der Waals surface area contributed by atoms with Gasteiger partial charge in [0.05, 0.1) is 18.3 Å². The quantitative estimate of drug-likeness (QED) is 0.850. The van der Waals surface area contributed by atoms with Gasteiger partial charge >= 0.3 is 5.69 Å². The van der Waals surface area contributed by atoms with Crippen LogP contribution in [-0.4, -0.2) is 34.2 Å². The van der Waals surface area contributed by atoms with Crippen molar-refractivity contribution in [1.29, 1.82) is 0 Å². The molecule has 0 aliphatic rings. The van der Waals surface area contributed by atoms with Gasteiger partial charge in [-0.25, -0.2) is 4.79 Å². The van der Waals surface area contributed by atoms with E-state index >= 15 is 0 Å². The van der Waals surface area contributed by atoms with Crippen molar-refractivity contribution in [2.45, 2.75) is 26.4 Å². The van der Waals surface area contributed by atoms with Crippen LogP contribution in [0.1, 0.15) is 23.1 Å². The molecule has 2 rings (SSSR count). The van der Waals surface area contributed by atoms with E-state index in [0.717, 1.165) is 0 Å². The predicted octanol–water partition coefficient (Wildman–Crippen LogP) is 0.759. The van der Waals surface area contributed by atoms with E-state index in [9.17, 15) is 9.59 Å². The molecule has 0 bridgehead atoms. The molecular formula is C16H20N4O3. The summed E-state index contributed by atoms with van der Waals surface area (Å²) in [7, 11) is 1.56. The smallest absolute Gasteiger partial charge is 0.348 e. The molecule has 7 heteroatoms. The highest BCUT2D eigenvalue weighted by Crippen LogP contribution is 2.09. The van der Waals surface area contributed by atoms with E-state index in [-0.39, 0.29) is 18.5 Å². The van der Waals surface area contributed by atoms with Gasteiger partial charge in [0.15, 0.2) is 0 Å². The fourth-order valence-electron chi connectivity index (χ4n) is 2.30. The summed E-state index contributed by atoms with van der Waals surface area (Å²) in [6.07, 6.45) is 1.66. The highest BCUT2D eigenvalue weighted by molar-refractivity contribution is 5.76. The van der Waals surface area contributed by atoms with Gasteiger partial charge in [0.25, 0.3) is 0 Å². The van der Waals surface area contributed by atoms with Crippen molar-refractivity contribution in [3.8, 4) is 0 Å². The maximum atomic E-state index is 12.3. The van der Waals surface area contributed by atoms with E-state index in [2.05, 4.69) is 15.3 Å². The van der Waals surface area contributed by atoms with Gasteiger partial charge in [-0.05, 0) is 32.0 Å². The van der Waals surface area contributed by atoms with Crippen molar-refractivity contribution in [3.63, 3.8) is 0 Å². The minimum Gasteiger partial charge on any atom is -0.382 e. The molecule has 0 fully saturated rings. The summed E-state index contributed by atoms with van der Waals surface area (Å²) < 4.78 is 6.47. The highest BCUT2D eigenvalue weighted by Gasteiger charge is 2.17. The summed E-state index contributed by atoms with van der Waals surface area (Å²) in [6, 6.07) is 6.85. The largest absolute Gasteiger partial charge is 0.382 e. The van der Waals surface area contributed by atoms with Crippen molar-refractivity contribution in [2.75, 3.05) is 13.7 Å². The lowest BCUT2D eigenvalue weighted by atomic mass is 10.2. The van der Waals surface area contributed by atoms with Gasteiger partial charge in [0, 0.05) is 24.7 Å². The number of amides is 1. The first-order valence-corrected chi connectivity index (χ1v) is 7.25. The molecule has 0 radical (unpaired) electrons. The number of rotatable bonds is 6. The van der Waals surface area contributed by atoms with Crippen LogP contribution >= 0.6 is 0 Å². The number of hydrogen-bond acceptors (Lipinski definition) is 5. The van der Waals surface area contributed by atoms with Gasteiger partial charge in [-0.2, -0.15) is 4.98 Å². The minimum absolute atomic E-state index is 0.0923. The number of nitrogens with zero attached hydrogens (tertiary/aromatic N) is 3. The number of aryl methyl sites for hydroxylation is 2. The van der Waals surface area contributed by atoms with Crippen molar-refractivity contribution in [2.24, 2.45) is 0 Å². The molecule has 7 nitrogen and oxygen atoms in total. The van der Waals surface area contributed by atoms with Crippen LogP contribution in [0.2, 0.25) is 0 Å². The maximum absolute atomic E-state index is 12.3. The molecule has 1 N–H and O–H groups in total. The van der Waals surface area contributed by atoms with E-state index in [0.29, 0.717) is 23.7 Å². The number of hydrogen-bond donors (Lipinski definition) is 1. The normalized spacial score (nSPS) is 12.0. The molecule has 0 aromatic carbocycles. The third kappa shape index (κ3) is 4.46. The van der Waals surface area contributed by atoms with Gasteiger partial charge in [0.2, 0.25) is 5.91 Å². The Balaban J connectivity index is 2.13. The standard InChI is InChI=1S/C16H20N4O3/c1-11-8-12(2)20(16(22)18-11)9-15(21)19-14(10-23-3)13-6-4-5-7-17-13/h4-8,14H,9-10H2,1-3H3,(H,19,21)/t14-/m1/s1. The van der Waals surface area contributed by atoms with Crippen LogP contribution in [0.3, 0.4) is 0 Å². The molecule has 0 aliphatic heterocycles. The van der Waals surface area contributed by atoms with Crippen LogP contribution in [0.15, 0.2) is 35.3 Å². The average molecular weight is 316 g/mol. The molecule has 2 heterocycles. The Bertz CT molecular complexity index is 728. The molecular weight excluding hydrogens is 296 g/mol. The number of methoxy groups -OCH3 is 1. The molecule has 0 saturated carbocycles. The van der Waals surface area contributed by atoms with E-state index < -0.39 is 5.69 Å². The average Bonchev–Trinajstić information content (AvgIpc) is 2.51. The molecule has 2 aromatic heterocycles. The number of aromatic nitrogens is 3. The maximum Gasteiger partial charge on any atom is 0.348 e. The summed E-state index contributed by atoms with van der Waals surface area (Å²) in [6.45, 7) is 3.72. The summed E-state index contributed by atoms with van der Waals surface area (Å²) in [5.74, 6) is -0.298. The zero-order chi connectivity index (χ0) is 16.8. The third-order valence-corrected chi connectivity index (χ3v) is 3.36. The van der Waals surface area contributed by atoms with Crippen LogP contribution in [-0.2, 0) is 16.1 Å². The Kier molecular flexibility index (Phi) is 5.59. The van der Waals surface area contributed by atoms with Crippen molar-refractivity contribution in [1.82, 2.24) is 19.9 Å². The summed E-state index contributed by atoms with van der Waals surface area (Å²) in [5, 5.41) is 2.84. The fraction of sp³-hybridized carbons (Fsp3) is 0.375. The molecule has 0 aliphatic carbocycles. The lowest BCUT2D eigenvalue weighted by molar-refractivity contribution is -0.123. The molecule has 122 valence electrons. The third-order valence-electron chi connectivity index (χ3n) is 3.36. The minimum atomic E-state index is -0.432. The lowest BCUT2D eigenvalue weighted by Crippen LogP contribution is -2.38. The van der Waals surface area contributed by atoms with Crippen molar-refractivity contribution >= 4 is 5.91 Å². The summed E-state index contributed by atoms with van der Waals surface area (Å²) in [4.78, 5) is 32.3. The lowest BCUT2D eigenvalue weighted by Gasteiger charge is -2.18. The molecule has 1 atom stereocenters. The number of pyridine rings is 1. The highest BCUT2D eigenvalue weighted by atomic mass is 16.5. The molecule has 2 aromatic rings. The zero-order valence-corrected chi connectivity index (χ0v) is 13.4. The second kappa shape index (κ2) is 7.64. The second-order valence-electron chi connectivity index (χ2n) is 5.24. The number of ether oxygens (including phenoxy) is 1. The number of nitrogens with one attached hydrogen (secondary N) is 1. The van der Waals surface area contributed by atoms with Crippen molar-refractivity contribution in [3.05, 3.63) is 58.0 Å². The van der Waals surface area contributed by atoms with Crippen LogP contribution in [0.5, 0.6) is 0 Å². The Hall–Kier alpha value is -2.54. The van der Waals surface area contributed by atoms with Crippen LogP contribution in [0.4, 0.5) is 0 Å². The SMILES string of the molecule is COC[C@@H](NC(=O)Cn1c(C)cc(C)nc1=O)c1ccccn1. The van der Waals surface area contributed by atoms with Gasteiger partial charge in [-0.15, -0.1) is 0 Å². The molecule has 0 spiro atoms. The van der Waals surface area contributed by atoms with Crippen molar-refractivity contribution < 1.29 is 9.53 Å². The first-order valence-electron chi connectivity index (χ1n) is 7.25. The second-order valence-corrected chi connectivity index (χ2v) is 5.24. The van der Waals surface area contributed by atoms with Crippen LogP contribution in [0, 0.1) is 13.8 Å². The van der Waals surface area contributed by atoms with E-state index in [4.69, 9.17) is 4.74 Å². The zero-order valence-electron chi connectivity index (χ0n) is 13.4. The molecule has 0 saturated heterocycles. The Morgan fingerprint density at radius 2 is 2.17 bits per heavy atom. The van der Waals surface area contributed by atoms with Gasteiger partial charge in [-0.1, -0.05) is 6.07 Å². The van der Waals surface area contributed by atoms with Gasteiger partial charge in [-0.3, -0.25) is 14.3 Å².